The van der Waals surface area contributed by atoms with Crippen LogP contribution in [-0.4, -0.2) is 29.9 Å². The van der Waals surface area contributed by atoms with Gasteiger partial charge in [0.25, 0.3) is 0 Å². The van der Waals surface area contributed by atoms with Crippen molar-refractivity contribution in [1.29, 1.82) is 0 Å². The van der Waals surface area contributed by atoms with Crippen molar-refractivity contribution in [1.82, 2.24) is 4.98 Å². The Balaban J connectivity index is 3.09. The van der Waals surface area contributed by atoms with Gasteiger partial charge in [0.2, 0.25) is 5.91 Å². The molecule has 2 N–H and O–H groups in total. The zero-order valence-electron chi connectivity index (χ0n) is 12.6. The summed E-state index contributed by atoms with van der Waals surface area (Å²) in [6.45, 7) is 7.06. The molecule has 1 amide bonds. The van der Waals surface area contributed by atoms with Crippen LogP contribution in [-0.2, 0) is 9.53 Å². The number of aromatic nitrogens is 1. The van der Waals surface area contributed by atoms with Gasteiger partial charge in [-0.05, 0) is 6.92 Å². The molecule has 1 unspecified atom stereocenters. The third-order valence-corrected chi connectivity index (χ3v) is 2.63. The molecule has 1 rings (SSSR count). The number of pyridine rings is 1. The van der Waals surface area contributed by atoms with E-state index in [9.17, 15) is 9.90 Å². The largest absolute Gasteiger partial charge is 0.465 e. The van der Waals surface area contributed by atoms with E-state index in [-0.39, 0.29) is 12.7 Å². The van der Waals surface area contributed by atoms with E-state index in [1.54, 1.807) is 6.92 Å². The number of anilines is 1. The molecule has 0 aliphatic heterocycles. The SMILES string of the molecule is COCOc1cncc(NC(=O)C(C)(C)C)c1C(C)O. The van der Waals surface area contributed by atoms with Gasteiger partial charge >= 0.3 is 0 Å². The number of amides is 1. The lowest BCUT2D eigenvalue weighted by Gasteiger charge is -2.21. The summed E-state index contributed by atoms with van der Waals surface area (Å²) in [5.74, 6) is 0.221. The van der Waals surface area contributed by atoms with Gasteiger partial charge in [-0.2, -0.15) is 0 Å². The molecule has 1 atom stereocenters. The quantitative estimate of drug-likeness (QED) is 0.808. The van der Waals surface area contributed by atoms with Crippen molar-refractivity contribution in [3.05, 3.63) is 18.0 Å². The smallest absolute Gasteiger partial charge is 0.229 e. The summed E-state index contributed by atoms with van der Waals surface area (Å²) in [7, 11) is 1.50. The maximum absolute atomic E-state index is 12.0. The number of methoxy groups -OCH3 is 1. The number of aliphatic hydroxyl groups is 1. The maximum Gasteiger partial charge on any atom is 0.229 e. The van der Waals surface area contributed by atoms with Crippen molar-refractivity contribution in [2.45, 2.75) is 33.8 Å². The van der Waals surface area contributed by atoms with Gasteiger partial charge in [0.15, 0.2) is 6.79 Å². The molecule has 112 valence electrons. The summed E-state index contributed by atoms with van der Waals surface area (Å²) in [6.07, 6.45) is 2.17. The molecule has 1 aromatic rings. The Morgan fingerprint density at radius 3 is 2.60 bits per heavy atom. The van der Waals surface area contributed by atoms with E-state index in [2.05, 4.69) is 10.3 Å². The van der Waals surface area contributed by atoms with Crippen LogP contribution in [0.25, 0.3) is 0 Å². The highest BCUT2D eigenvalue weighted by molar-refractivity contribution is 5.95. The molecule has 0 bridgehead atoms. The monoisotopic (exact) mass is 282 g/mol. The Bertz CT molecular complexity index is 467. The lowest BCUT2D eigenvalue weighted by atomic mass is 9.95. The average molecular weight is 282 g/mol. The van der Waals surface area contributed by atoms with E-state index in [0.29, 0.717) is 17.0 Å². The van der Waals surface area contributed by atoms with E-state index in [1.807, 2.05) is 20.8 Å². The van der Waals surface area contributed by atoms with E-state index in [4.69, 9.17) is 9.47 Å². The summed E-state index contributed by atoms with van der Waals surface area (Å²) < 4.78 is 10.2. The van der Waals surface area contributed by atoms with Crippen molar-refractivity contribution < 1.29 is 19.4 Å². The highest BCUT2D eigenvalue weighted by atomic mass is 16.7. The first-order chi connectivity index (χ1) is 9.27. The van der Waals surface area contributed by atoms with Crippen LogP contribution in [0, 0.1) is 5.41 Å². The normalized spacial score (nSPS) is 12.9. The van der Waals surface area contributed by atoms with Gasteiger partial charge in [-0.1, -0.05) is 20.8 Å². The molecule has 0 aliphatic carbocycles. The highest BCUT2D eigenvalue weighted by Gasteiger charge is 2.24. The molecule has 0 spiro atoms. The summed E-state index contributed by atoms with van der Waals surface area (Å²) >= 11 is 0. The van der Waals surface area contributed by atoms with Crippen LogP contribution in [0.2, 0.25) is 0 Å². The van der Waals surface area contributed by atoms with Gasteiger partial charge < -0.3 is 19.9 Å². The Hall–Kier alpha value is -1.66. The summed E-state index contributed by atoms with van der Waals surface area (Å²) in [4.78, 5) is 16.1. The molecule has 6 heteroatoms. The first-order valence-corrected chi connectivity index (χ1v) is 6.36. The van der Waals surface area contributed by atoms with E-state index < -0.39 is 11.5 Å². The van der Waals surface area contributed by atoms with Gasteiger partial charge in [-0.15, -0.1) is 0 Å². The highest BCUT2D eigenvalue weighted by Crippen LogP contribution is 2.32. The molecule has 20 heavy (non-hydrogen) atoms. The number of aliphatic hydroxyl groups excluding tert-OH is 1. The molecule has 1 heterocycles. The molecule has 0 aromatic carbocycles. The number of hydrogen-bond acceptors (Lipinski definition) is 5. The molecule has 1 aromatic heterocycles. The topological polar surface area (TPSA) is 80.7 Å². The van der Waals surface area contributed by atoms with Gasteiger partial charge in [0, 0.05) is 18.1 Å². The van der Waals surface area contributed by atoms with Crippen LogP contribution in [0.3, 0.4) is 0 Å². The maximum atomic E-state index is 12.0. The lowest BCUT2D eigenvalue weighted by Crippen LogP contribution is -2.28. The van der Waals surface area contributed by atoms with E-state index >= 15 is 0 Å². The number of ether oxygens (including phenoxy) is 2. The number of carbonyl (C=O) groups is 1. The molecule has 0 fully saturated rings. The van der Waals surface area contributed by atoms with Gasteiger partial charge in [-0.25, -0.2) is 0 Å². The first kappa shape index (κ1) is 16.4. The fourth-order valence-corrected chi connectivity index (χ4v) is 1.53. The van der Waals surface area contributed by atoms with Gasteiger partial charge in [0.05, 0.1) is 24.2 Å². The predicted molar refractivity (Wildman–Crippen MR) is 75.5 cm³/mol. The summed E-state index contributed by atoms with van der Waals surface area (Å²) in [5, 5.41) is 12.7. The molecular weight excluding hydrogens is 260 g/mol. The van der Waals surface area contributed by atoms with E-state index in [0.717, 1.165) is 0 Å². The Kier molecular flexibility index (Phi) is 5.47. The van der Waals surface area contributed by atoms with Crippen LogP contribution < -0.4 is 10.1 Å². The van der Waals surface area contributed by atoms with Gasteiger partial charge in [-0.3, -0.25) is 9.78 Å². The number of nitrogens with zero attached hydrogens (tertiary/aromatic N) is 1. The van der Waals surface area contributed by atoms with Crippen molar-refractivity contribution >= 4 is 11.6 Å². The predicted octanol–water partition coefficient (Wildman–Crippen LogP) is 2.10. The Morgan fingerprint density at radius 2 is 2.10 bits per heavy atom. The number of nitrogens with one attached hydrogen (secondary N) is 1. The summed E-state index contributed by atoms with van der Waals surface area (Å²) in [6, 6.07) is 0. The third-order valence-electron chi connectivity index (χ3n) is 2.63. The van der Waals surface area contributed by atoms with Crippen molar-refractivity contribution in [2.75, 3.05) is 19.2 Å². The number of rotatable bonds is 5. The van der Waals surface area contributed by atoms with Crippen LogP contribution >= 0.6 is 0 Å². The lowest BCUT2D eigenvalue weighted by molar-refractivity contribution is -0.123. The molecule has 0 saturated heterocycles. The van der Waals surface area contributed by atoms with Crippen molar-refractivity contribution in [2.24, 2.45) is 5.41 Å². The molecule has 0 radical (unpaired) electrons. The number of hydrogen-bond donors (Lipinski definition) is 2. The average Bonchev–Trinajstić information content (AvgIpc) is 2.34. The number of carbonyl (C=O) groups excluding carboxylic acids is 1. The van der Waals surface area contributed by atoms with Crippen molar-refractivity contribution in [3.63, 3.8) is 0 Å². The zero-order valence-corrected chi connectivity index (χ0v) is 12.6. The van der Waals surface area contributed by atoms with Crippen LogP contribution in [0.4, 0.5) is 5.69 Å². The summed E-state index contributed by atoms with van der Waals surface area (Å²) in [5.41, 5.74) is 0.377. The molecule has 0 aliphatic rings. The molecule has 6 nitrogen and oxygen atoms in total. The van der Waals surface area contributed by atoms with Crippen molar-refractivity contribution in [3.8, 4) is 5.75 Å². The molecule has 0 saturated carbocycles. The fraction of sp³-hybridized carbons (Fsp3) is 0.571. The minimum Gasteiger partial charge on any atom is -0.465 e. The fourth-order valence-electron chi connectivity index (χ4n) is 1.53. The van der Waals surface area contributed by atoms with Crippen LogP contribution in [0.5, 0.6) is 5.75 Å². The molecular formula is C14H22N2O4. The minimum absolute atomic E-state index is 0.0398. The second kappa shape index (κ2) is 6.67. The second-order valence-electron chi connectivity index (χ2n) is 5.53. The first-order valence-electron chi connectivity index (χ1n) is 6.36. The second-order valence-corrected chi connectivity index (χ2v) is 5.53. The van der Waals surface area contributed by atoms with E-state index in [1.165, 1.54) is 19.5 Å². The standard InChI is InChI=1S/C14H22N2O4/c1-9(17)12-10(16-13(18)14(2,3)4)6-15-7-11(12)20-8-19-5/h6-7,9,17H,8H2,1-5H3,(H,16,18). The minimum atomic E-state index is -0.805. The Morgan fingerprint density at radius 1 is 1.45 bits per heavy atom. The zero-order chi connectivity index (χ0) is 15.3. The third kappa shape index (κ3) is 4.18. The van der Waals surface area contributed by atoms with Crippen LogP contribution in [0.1, 0.15) is 39.4 Å². The Labute approximate surface area is 119 Å². The van der Waals surface area contributed by atoms with Crippen LogP contribution in [0.15, 0.2) is 12.4 Å². The van der Waals surface area contributed by atoms with Gasteiger partial charge in [0.1, 0.15) is 5.75 Å².